The van der Waals surface area contributed by atoms with E-state index in [0.717, 1.165) is 28.9 Å². The second-order valence-electron chi connectivity index (χ2n) is 4.55. The lowest BCUT2D eigenvalue weighted by Crippen LogP contribution is -2.52. The van der Waals surface area contributed by atoms with Gasteiger partial charge in [-0.15, -0.1) is 12.4 Å². The van der Waals surface area contributed by atoms with Crippen LogP contribution in [0.15, 0.2) is 24.3 Å². The Morgan fingerprint density at radius 3 is 2.95 bits per heavy atom. The highest BCUT2D eigenvalue weighted by atomic mass is 127. The van der Waals surface area contributed by atoms with Crippen LogP contribution in [0, 0.1) is 3.57 Å². The van der Waals surface area contributed by atoms with Gasteiger partial charge >= 0.3 is 0 Å². The Hall–Kier alpha value is -0.370. The van der Waals surface area contributed by atoms with E-state index in [2.05, 4.69) is 45.0 Å². The number of nitrogens with zero attached hydrogens (tertiary/aromatic N) is 1. The van der Waals surface area contributed by atoms with E-state index in [1.165, 1.54) is 0 Å². The standard InChI is InChI=1S/C13H18IN3O.ClH/c1-10-8-15-6-7-17(10)9-13(18)16-12-5-3-2-4-11(12)14;/h2-5,10,15H,6-9H2,1H3,(H,16,18);1H. The number of halogens is 2. The van der Waals surface area contributed by atoms with Gasteiger partial charge < -0.3 is 10.6 Å². The Bertz CT molecular complexity index is 430. The maximum Gasteiger partial charge on any atom is 0.238 e. The third kappa shape index (κ3) is 4.91. The quantitative estimate of drug-likeness (QED) is 0.769. The molecule has 6 heteroatoms. The number of carbonyl (C=O) groups is 1. The summed E-state index contributed by atoms with van der Waals surface area (Å²) < 4.78 is 1.07. The number of hydrogen-bond acceptors (Lipinski definition) is 3. The summed E-state index contributed by atoms with van der Waals surface area (Å²) in [7, 11) is 0. The molecule has 1 aromatic rings. The molecule has 0 bridgehead atoms. The van der Waals surface area contributed by atoms with Gasteiger partial charge in [0, 0.05) is 29.2 Å². The summed E-state index contributed by atoms with van der Waals surface area (Å²) in [4.78, 5) is 14.2. The molecule has 1 saturated heterocycles. The molecule has 1 fully saturated rings. The molecule has 0 spiro atoms. The fourth-order valence-corrected chi connectivity index (χ4v) is 2.58. The zero-order valence-electron chi connectivity index (χ0n) is 10.9. The minimum atomic E-state index is 0. The van der Waals surface area contributed by atoms with E-state index in [9.17, 15) is 4.79 Å². The predicted molar refractivity (Wildman–Crippen MR) is 88.9 cm³/mol. The van der Waals surface area contributed by atoms with Crippen LogP contribution in [0.2, 0.25) is 0 Å². The van der Waals surface area contributed by atoms with Crippen molar-refractivity contribution in [1.29, 1.82) is 0 Å². The van der Waals surface area contributed by atoms with Crippen LogP contribution < -0.4 is 10.6 Å². The first-order valence-corrected chi connectivity index (χ1v) is 7.24. The molecule has 0 saturated carbocycles. The van der Waals surface area contributed by atoms with Crippen molar-refractivity contribution in [3.05, 3.63) is 27.8 Å². The summed E-state index contributed by atoms with van der Waals surface area (Å²) in [6, 6.07) is 8.24. The number of hydrogen-bond donors (Lipinski definition) is 2. The van der Waals surface area contributed by atoms with Crippen LogP contribution in [0.25, 0.3) is 0 Å². The van der Waals surface area contributed by atoms with Crippen molar-refractivity contribution in [2.75, 3.05) is 31.5 Å². The Labute approximate surface area is 133 Å². The molecular weight excluding hydrogens is 377 g/mol. The van der Waals surface area contributed by atoms with Gasteiger partial charge in [-0.25, -0.2) is 0 Å². The Morgan fingerprint density at radius 2 is 2.26 bits per heavy atom. The van der Waals surface area contributed by atoms with Gasteiger partial charge in [-0.05, 0) is 41.6 Å². The van der Waals surface area contributed by atoms with Crippen molar-refractivity contribution < 1.29 is 4.79 Å². The van der Waals surface area contributed by atoms with Crippen molar-refractivity contribution in [1.82, 2.24) is 10.2 Å². The summed E-state index contributed by atoms with van der Waals surface area (Å²) in [6.07, 6.45) is 0. The molecule has 1 atom stereocenters. The highest BCUT2D eigenvalue weighted by molar-refractivity contribution is 14.1. The van der Waals surface area contributed by atoms with E-state index in [1.54, 1.807) is 0 Å². The zero-order chi connectivity index (χ0) is 13.0. The number of anilines is 1. The third-order valence-electron chi connectivity index (χ3n) is 3.13. The first-order chi connectivity index (χ1) is 8.66. The fraction of sp³-hybridized carbons (Fsp3) is 0.462. The summed E-state index contributed by atoms with van der Waals surface area (Å²) in [6.45, 7) is 5.46. The molecule has 106 valence electrons. The van der Waals surface area contributed by atoms with Crippen molar-refractivity contribution in [3.63, 3.8) is 0 Å². The van der Waals surface area contributed by atoms with Crippen LogP contribution in [0.3, 0.4) is 0 Å². The third-order valence-corrected chi connectivity index (χ3v) is 4.07. The van der Waals surface area contributed by atoms with Gasteiger partial charge in [0.1, 0.15) is 0 Å². The number of rotatable bonds is 3. The molecule has 2 rings (SSSR count). The largest absolute Gasteiger partial charge is 0.324 e. The van der Waals surface area contributed by atoms with Crippen molar-refractivity contribution in [2.24, 2.45) is 0 Å². The van der Waals surface area contributed by atoms with Crippen LogP contribution in [0.4, 0.5) is 5.69 Å². The van der Waals surface area contributed by atoms with Crippen LogP contribution in [0.5, 0.6) is 0 Å². The molecule has 19 heavy (non-hydrogen) atoms. The van der Waals surface area contributed by atoms with Gasteiger partial charge in [0.2, 0.25) is 5.91 Å². The highest BCUT2D eigenvalue weighted by Crippen LogP contribution is 2.16. The van der Waals surface area contributed by atoms with Crippen molar-refractivity contribution >= 4 is 46.6 Å². The zero-order valence-corrected chi connectivity index (χ0v) is 13.8. The Morgan fingerprint density at radius 1 is 1.53 bits per heavy atom. The summed E-state index contributed by atoms with van der Waals surface area (Å²) in [5, 5.41) is 6.29. The first kappa shape index (κ1) is 16.7. The van der Waals surface area contributed by atoms with E-state index < -0.39 is 0 Å². The molecular formula is C13H19ClIN3O. The minimum absolute atomic E-state index is 0. The van der Waals surface area contributed by atoms with E-state index in [0.29, 0.717) is 12.6 Å². The molecule has 0 aliphatic carbocycles. The molecule has 1 aromatic carbocycles. The van der Waals surface area contributed by atoms with Gasteiger partial charge in [0.05, 0.1) is 12.2 Å². The molecule has 4 nitrogen and oxygen atoms in total. The highest BCUT2D eigenvalue weighted by Gasteiger charge is 2.20. The van der Waals surface area contributed by atoms with Crippen LogP contribution in [-0.2, 0) is 4.79 Å². The smallest absolute Gasteiger partial charge is 0.238 e. The molecule has 1 aliphatic rings. The molecule has 2 N–H and O–H groups in total. The number of para-hydroxylation sites is 1. The number of nitrogens with one attached hydrogen (secondary N) is 2. The predicted octanol–water partition coefficient (Wildman–Crippen LogP) is 1.95. The SMILES string of the molecule is CC1CNCCN1CC(=O)Nc1ccccc1I.Cl. The molecule has 0 radical (unpaired) electrons. The normalized spacial score (nSPS) is 19.6. The molecule has 1 unspecified atom stereocenters. The van der Waals surface area contributed by atoms with E-state index in [1.807, 2.05) is 24.3 Å². The summed E-state index contributed by atoms with van der Waals surface area (Å²) >= 11 is 2.23. The lowest BCUT2D eigenvalue weighted by Gasteiger charge is -2.33. The number of carbonyl (C=O) groups excluding carboxylic acids is 1. The van der Waals surface area contributed by atoms with Crippen LogP contribution in [-0.4, -0.2) is 43.0 Å². The monoisotopic (exact) mass is 395 g/mol. The first-order valence-electron chi connectivity index (χ1n) is 6.16. The van der Waals surface area contributed by atoms with Crippen molar-refractivity contribution in [3.8, 4) is 0 Å². The maximum absolute atomic E-state index is 12.0. The summed E-state index contributed by atoms with van der Waals surface area (Å²) in [5.41, 5.74) is 0.894. The maximum atomic E-state index is 12.0. The molecule has 1 amide bonds. The lowest BCUT2D eigenvalue weighted by molar-refractivity contribution is -0.118. The number of benzene rings is 1. The van der Waals surface area contributed by atoms with Crippen LogP contribution in [0.1, 0.15) is 6.92 Å². The van der Waals surface area contributed by atoms with Gasteiger partial charge in [-0.3, -0.25) is 9.69 Å². The second-order valence-corrected chi connectivity index (χ2v) is 5.71. The topological polar surface area (TPSA) is 44.4 Å². The molecule has 1 aliphatic heterocycles. The van der Waals surface area contributed by atoms with E-state index >= 15 is 0 Å². The van der Waals surface area contributed by atoms with Gasteiger partial charge in [0.15, 0.2) is 0 Å². The summed E-state index contributed by atoms with van der Waals surface area (Å²) in [5.74, 6) is 0.0628. The van der Waals surface area contributed by atoms with Crippen molar-refractivity contribution in [2.45, 2.75) is 13.0 Å². The minimum Gasteiger partial charge on any atom is -0.324 e. The van der Waals surface area contributed by atoms with E-state index in [4.69, 9.17) is 0 Å². The van der Waals surface area contributed by atoms with E-state index in [-0.39, 0.29) is 18.3 Å². The molecule has 1 heterocycles. The van der Waals surface area contributed by atoms with Gasteiger partial charge in [-0.1, -0.05) is 12.1 Å². The lowest BCUT2D eigenvalue weighted by atomic mass is 10.2. The Balaban J connectivity index is 0.00000180. The Kier molecular flexibility index (Phi) is 7.06. The number of piperazine rings is 1. The van der Waals surface area contributed by atoms with Gasteiger partial charge in [-0.2, -0.15) is 0 Å². The average Bonchev–Trinajstić information content (AvgIpc) is 2.35. The molecule has 0 aromatic heterocycles. The average molecular weight is 396 g/mol. The second kappa shape index (κ2) is 8.04. The van der Waals surface area contributed by atoms with Gasteiger partial charge in [0.25, 0.3) is 0 Å². The fourth-order valence-electron chi connectivity index (χ4n) is 2.05. The number of amides is 1. The van der Waals surface area contributed by atoms with Crippen LogP contribution >= 0.6 is 35.0 Å².